The second-order valence-electron chi connectivity index (χ2n) is 7.15. The van der Waals surface area contributed by atoms with Crippen molar-refractivity contribution in [3.63, 3.8) is 0 Å². The van der Waals surface area contributed by atoms with E-state index in [1.54, 1.807) is 55.8 Å². The van der Waals surface area contributed by atoms with Gasteiger partial charge in [0.1, 0.15) is 18.0 Å². The number of pyridine rings is 1. The van der Waals surface area contributed by atoms with Gasteiger partial charge in [0, 0.05) is 23.7 Å². The number of rotatable bonds is 7. The molecular weight excluding hydrogens is 406 g/mol. The van der Waals surface area contributed by atoms with Crippen molar-refractivity contribution in [3.05, 3.63) is 78.6 Å². The van der Waals surface area contributed by atoms with E-state index in [9.17, 15) is 9.59 Å². The monoisotopic (exact) mass is 429 g/mol. The fourth-order valence-electron chi connectivity index (χ4n) is 3.48. The summed E-state index contributed by atoms with van der Waals surface area (Å²) in [5.41, 5.74) is 2.32. The third kappa shape index (κ3) is 4.46. The molecule has 0 aliphatic carbocycles. The topological polar surface area (TPSA) is 84.7 Å². The molecule has 7 nitrogen and oxygen atoms in total. The van der Waals surface area contributed by atoms with Crippen LogP contribution in [-0.4, -0.2) is 41.9 Å². The summed E-state index contributed by atoms with van der Waals surface area (Å²) in [5.74, 6) is 0.668. The molecule has 7 heteroatoms. The number of likely N-dealkylation sites (N-methyl/N-ethyl adjacent to an activating group) is 1. The van der Waals surface area contributed by atoms with Crippen molar-refractivity contribution in [2.45, 2.75) is 6.92 Å². The van der Waals surface area contributed by atoms with E-state index in [2.05, 4.69) is 10.3 Å². The number of amides is 2. The Hall–Kier alpha value is -4.13. The number of hydrogen-bond acceptors (Lipinski definition) is 5. The van der Waals surface area contributed by atoms with Gasteiger partial charge in [-0.3, -0.25) is 9.59 Å². The van der Waals surface area contributed by atoms with Gasteiger partial charge in [0.25, 0.3) is 5.91 Å². The van der Waals surface area contributed by atoms with Crippen LogP contribution in [0.3, 0.4) is 0 Å². The first kappa shape index (κ1) is 21.1. The van der Waals surface area contributed by atoms with E-state index in [1.807, 2.05) is 31.2 Å². The summed E-state index contributed by atoms with van der Waals surface area (Å²) in [6, 6.07) is 19.8. The van der Waals surface area contributed by atoms with Gasteiger partial charge in [-0.1, -0.05) is 24.3 Å². The van der Waals surface area contributed by atoms with Crippen LogP contribution in [0.5, 0.6) is 5.75 Å². The van der Waals surface area contributed by atoms with Crippen molar-refractivity contribution >= 4 is 28.4 Å². The lowest BCUT2D eigenvalue weighted by atomic mass is 10.1. The quantitative estimate of drug-likeness (QED) is 0.464. The highest BCUT2D eigenvalue weighted by atomic mass is 16.5. The van der Waals surface area contributed by atoms with Crippen LogP contribution in [-0.2, 0) is 4.79 Å². The smallest absolute Gasteiger partial charge is 0.255 e. The Kier molecular flexibility index (Phi) is 6.17. The predicted octanol–water partition coefficient (Wildman–Crippen LogP) is 4.60. The van der Waals surface area contributed by atoms with Gasteiger partial charge in [0.15, 0.2) is 5.76 Å². The van der Waals surface area contributed by atoms with Crippen LogP contribution in [0.2, 0.25) is 0 Å². The molecule has 2 heterocycles. The molecule has 162 valence electrons. The van der Waals surface area contributed by atoms with Gasteiger partial charge in [-0.05, 0) is 43.3 Å². The van der Waals surface area contributed by atoms with Gasteiger partial charge in [0.05, 0.1) is 24.5 Å². The number of para-hydroxylation sites is 1. The summed E-state index contributed by atoms with van der Waals surface area (Å²) in [7, 11) is 1.56. The van der Waals surface area contributed by atoms with Crippen LogP contribution in [0, 0.1) is 0 Å². The maximum absolute atomic E-state index is 13.5. The highest BCUT2D eigenvalue weighted by Crippen LogP contribution is 2.26. The maximum Gasteiger partial charge on any atom is 0.255 e. The zero-order valence-electron chi connectivity index (χ0n) is 17.9. The van der Waals surface area contributed by atoms with E-state index in [0.29, 0.717) is 40.5 Å². The average molecular weight is 429 g/mol. The van der Waals surface area contributed by atoms with E-state index in [-0.39, 0.29) is 18.4 Å². The van der Waals surface area contributed by atoms with E-state index in [0.717, 1.165) is 5.39 Å². The Morgan fingerprint density at radius 3 is 2.66 bits per heavy atom. The van der Waals surface area contributed by atoms with Crippen molar-refractivity contribution in [3.8, 4) is 17.2 Å². The molecule has 0 saturated carbocycles. The number of aromatic nitrogens is 1. The number of methoxy groups -OCH3 is 1. The molecule has 0 unspecified atom stereocenters. The standard InChI is InChI=1S/C25H23N3O4/c1-3-28(16-24(29)26-17-8-6-9-18(14-17)31-2)25(30)20-15-22(23-12-7-13-32-23)27-21-11-5-4-10-19(20)21/h4-15H,3,16H2,1-2H3,(H,26,29). The summed E-state index contributed by atoms with van der Waals surface area (Å²) in [6.45, 7) is 2.13. The third-order valence-corrected chi connectivity index (χ3v) is 5.08. The molecule has 4 rings (SSSR count). The molecule has 2 amide bonds. The molecule has 1 N–H and O–H groups in total. The Morgan fingerprint density at radius 1 is 1.06 bits per heavy atom. The lowest BCUT2D eigenvalue weighted by Gasteiger charge is -2.21. The number of nitrogens with zero attached hydrogens (tertiary/aromatic N) is 2. The molecule has 2 aromatic heterocycles. The minimum Gasteiger partial charge on any atom is -0.497 e. The van der Waals surface area contributed by atoms with Gasteiger partial charge >= 0.3 is 0 Å². The van der Waals surface area contributed by atoms with Gasteiger partial charge in [-0.2, -0.15) is 0 Å². The first-order chi connectivity index (χ1) is 15.6. The Bertz CT molecular complexity index is 1250. The number of carbonyl (C=O) groups excluding carboxylic acids is 2. The van der Waals surface area contributed by atoms with Crippen molar-refractivity contribution in [1.29, 1.82) is 0 Å². The molecule has 0 spiro atoms. The number of nitrogens with one attached hydrogen (secondary N) is 1. The number of furan rings is 1. The zero-order valence-corrected chi connectivity index (χ0v) is 17.9. The third-order valence-electron chi connectivity index (χ3n) is 5.08. The van der Waals surface area contributed by atoms with Crippen LogP contribution in [0.25, 0.3) is 22.4 Å². The van der Waals surface area contributed by atoms with E-state index >= 15 is 0 Å². The predicted molar refractivity (Wildman–Crippen MR) is 123 cm³/mol. The van der Waals surface area contributed by atoms with Crippen LogP contribution in [0.15, 0.2) is 77.4 Å². The zero-order chi connectivity index (χ0) is 22.5. The molecule has 2 aromatic carbocycles. The average Bonchev–Trinajstić information content (AvgIpc) is 3.36. The Balaban J connectivity index is 1.61. The number of hydrogen-bond donors (Lipinski definition) is 1. The SMILES string of the molecule is CCN(CC(=O)Nc1cccc(OC)c1)C(=O)c1cc(-c2ccco2)nc2ccccc12. The molecular formula is C25H23N3O4. The summed E-state index contributed by atoms with van der Waals surface area (Å²) in [5, 5.41) is 3.54. The molecule has 0 atom stereocenters. The number of ether oxygens (including phenoxy) is 1. The van der Waals surface area contributed by atoms with Crippen LogP contribution in [0.1, 0.15) is 17.3 Å². The fraction of sp³-hybridized carbons (Fsp3) is 0.160. The molecule has 0 aliphatic rings. The molecule has 0 bridgehead atoms. The lowest BCUT2D eigenvalue weighted by Crippen LogP contribution is -2.38. The molecule has 0 radical (unpaired) electrons. The number of benzene rings is 2. The van der Waals surface area contributed by atoms with Crippen LogP contribution in [0.4, 0.5) is 5.69 Å². The molecule has 32 heavy (non-hydrogen) atoms. The summed E-state index contributed by atoms with van der Waals surface area (Å²) >= 11 is 0. The van der Waals surface area contributed by atoms with Gasteiger partial charge in [-0.25, -0.2) is 4.98 Å². The lowest BCUT2D eigenvalue weighted by molar-refractivity contribution is -0.116. The first-order valence-corrected chi connectivity index (χ1v) is 10.3. The summed E-state index contributed by atoms with van der Waals surface area (Å²) in [4.78, 5) is 32.3. The molecule has 4 aromatic rings. The fourth-order valence-corrected chi connectivity index (χ4v) is 3.48. The number of anilines is 1. The van der Waals surface area contributed by atoms with E-state index in [4.69, 9.17) is 9.15 Å². The largest absolute Gasteiger partial charge is 0.497 e. The first-order valence-electron chi connectivity index (χ1n) is 10.3. The Morgan fingerprint density at radius 2 is 1.91 bits per heavy atom. The summed E-state index contributed by atoms with van der Waals surface area (Å²) in [6.07, 6.45) is 1.56. The van der Waals surface area contributed by atoms with Gasteiger partial charge in [-0.15, -0.1) is 0 Å². The minimum atomic E-state index is -0.293. The Labute approximate surface area is 185 Å². The number of carbonyl (C=O) groups is 2. The van der Waals surface area contributed by atoms with E-state index in [1.165, 1.54) is 4.90 Å². The van der Waals surface area contributed by atoms with E-state index < -0.39 is 0 Å². The van der Waals surface area contributed by atoms with Crippen molar-refractivity contribution < 1.29 is 18.7 Å². The molecule has 0 fully saturated rings. The van der Waals surface area contributed by atoms with Crippen molar-refractivity contribution in [1.82, 2.24) is 9.88 Å². The summed E-state index contributed by atoms with van der Waals surface area (Å²) < 4.78 is 10.7. The second kappa shape index (κ2) is 9.34. The highest BCUT2D eigenvalue weighted by molar-refractivity contribution is 6.08. The maximum atomic E-state index is 13.5. The number of fused-ring (bicyclic) bond motifs is 1. The van der Waals surface area contributed by atoms with Gasteiger partial charge in [0.2, 0.25) is 5.91 Å². The second-order valence-corrected chi connectivity index (χ2v) is 7.15. The molecule has 0 saturated heterocycles. The van der Waals surface area contributed by atoms with Crippen molar-refractivity contribution in [2.75, 3.05) is 25.5 Å². The highest BCUT2D eigenvalue weighted by Gasteiger charge is 2.21. The van der Waals surface area contributed by atoms with Crippen LogP contribution < -0.4 is 10.1 Å². The van der Waals surface area contributed by atoms with Crippen LogP contribution >= 0.6 is 0 Å². The molecule has 0 aliphatic heterocycles. The normalized spacial score (nSPS) is 10.7. The van der Waals surface area contributed by atoms with Gasteiger partial charge < -0.3 is 19.4 Å². The van der Waals surface area contributed by atoms with Crippen molar-refractivity contribution in [2.24, 2.45) is 0 Å². The minimum absolute atomic E-state index is 0.0840.